The maximum Gasteiger partial charge on any atom is 0.0615 e. The summed E-state index contributed by atoms with van der Waals surface area (Å²) >= 11 is 0. The van der Waals surface area contributed by atoms with Crippen LogP contribution in [0.1, 0.15) is 36.5 Å². The van der Waals surface area contributed by atoms with Gasteiger partial charge in [0.1, 0.15) is 0 Å². The summed E-state index contributed by atoms with van der Waals surface area (Å²) in [5, 5.41) is 3.55. The van der Waals surface area contributed by atoms with Gasteiger partial charge in [-0.05, 0) is 56.3 Å². The molecule has 0 radical (unpaired) electrons. The Morgan fingerprint density at radius 1 is 1.22 bits per heavy atom. The lowest BCUT2D eigenvalue weighted by Gasteiger charge is -2.19. The third kappa shape index (κ3) is 4.79. The molecule has 102 valence electrons. The van der Waals surface area contributed by atoms with Crippen molar-refractivity contribution in [1.82, 2.24) is 5.32 Å². The standard InChI is InChI=1S/C16H27NO/c1-5-11-17-15(12-18-4)9-10-16-13(2)7-6-8-14(16)3/h6-8,15,17H,5,9-12H2,1-4H3. The van der Waals surface area contributed by atoms with Crippen LogP contribution in [-0.4, -0.2) is 26.3 Å². The first kappa shape index (κ1) is 15.2. The Kier molecular flexibility index (Phi) is 6.99. The first-order chi connectivity index (χ1) is 8.69. The third-order valence-electron chi connectivity index (χ3n) is 3.44. The summed E-state index contributed by atoms with van der Waals surface area (Å²) in [4.78, 5) is 0. The fraction of sp³-hybridized carbons (Fsp3) is 0.625. The molecule has 2 heteroatoms. The van der Waals surface area contributed by atoms with E-state index in [-0.39, 0.29) is 0 Å². The highest BCUT2D eigenvalue weighted by atomic mass is 16.5. The smallest absolute Gasteiger partial charge is 0.0615 e. The van der Waals surface area contributed by atoms with Crippen LogP contribution in [0.5, 0.6) is 0 Å². The summed E-state index contributed by atoms with van der Waals surface area (Å²) < 4.78 is 5.29. The van der Waals surface area contributed by atoms with Gasteiger partial charge < -0.3 is 10.1 Å². The van der Waals surface area contributed by atoms with E-state index in [2.05, 4.69) is 44.3 Å². The fourth-order valence-electron chi connectivity index (χ4n) is 2.36. The van der Waals surface area contributed by atoms with Crippen LogP contribution in [0.4, 0.5) is 0 Å². The highest BCUT2D eigenvalue weighted by molar-refractivity contribution is 5.33. The van der Waals surface area contributed by atoms with Crippen molar-refractivity contribution in [2.24, 2.45) is 0 Å². The Bertz CT molecular complexity index is 329. The number of aryl methyl sites for hydroxylation is 2. The molecule has 0 bridgehead atoms. The number of hydrogen-bond acceptors (Lipinski definition) is 2. The van der Waals surface area contributed by atoms with Gasteiger partial charge in [0.25, 0.3) is 0 Å². The van der Waals surface area contributed by atoms with Crippen molar-refractivity contribution >= 4 is 0 Å². The third-order valence-corrected chi connectivity index (χ3v) is 3.44. The van der Waals surface area contributed by atoms with Crippen LogP contribution in [0.25, 0.3) is 0 Å². The molecule has 1 unspecified atom stereocenters. The van der Waals surface area contributed by atoms with Gasteiger partial charge in [0.15, 0.2) is 0 Å². The average molecular weight is 249 g/mol. The van der Waals surface area contributed by atoms with Crippen LogP contribution in [0.15, 0.2) is 18.2 Å². The molecule has 0 amide bonds. The van der Waals surface area contributed by atoms with E-state index in [1.54, 1.807) is 7.11 Å². The van der Waals surface area contributed by atoms with Gasteiger partial charge in [-0.25, -0.2) is 0 Å². The van der Waals surface area contributed by atoms with Crippen LogP contribution in [-0.2, 0) is 11.2 Å². The Balaban J connectivity index is 2.55. The zero-order valence-corrected chi connectivity index (χ0v) is 12.3. The van der Waals surface area contributed by atoms with Crippen molar-refractivity contribution in [3.63, 3.8) is 0 Å². The molecule has 0 aliphatic carbocycles. The van der Waals surface area contributed by atoms with E-state index in [1.807, 2.05) is 0 Å². The molecule has 1 N–H and O–H groups in total. The number of benzene rings is 1. The average Bonchev–Trinajstić information content (AvgIpc) is 2.35. The topological polar surface area (TPSA) is 21.3 Å². The van der Waals surface area contributed by atoms with E-state index in [0.29, 0.717) is 6.04 Å². The van der Waals surface area contributed by atoms with E-state index >= 15 is 0 Å². The summed E-state index contributed by atoms with van der Waals surface area (Å²) in [7, 11) is 1.78. The van der Waals surface area contributed by atoms with Crippen LogP contribution in [0.3, 0.4) is 0 Å². The lowest BCUT2D eigenvalue weighted by molar-refractivity contribution is 0.162. The summed E-state index contributed by atoms with van der Waals surface area (Å²) in [6.07, 6.45) is 3.44. The maximum absolute atomic E-state index is 5.29. The van der Waals surface area contributed by atoms with E-state index in [1.165, 1.54) is 23.1 Å². The first-order valence-electron chi connectivity index (χ1n) is 6.96. The number of ether oxygens (including phenoxy) is 1. The Labute approximate surface area is 112 Å². The normalized spacial score (nSPS) is 12.7. The number of methoxy groups -OCH3 is 1. The summed E-state index contributed by atoms with van der Waals surface area (Å²) in [6, 6.07) is 7.00. The van der Waals surface area contributed by atoms with Crippen molar-refractivity contribution in [1.29, 1.82) is 0 Å². The van der Waals surface area contributed by atoms with Crippen LogP contribution in [0.2, 0.25) is 0 Å². The van der Waals surface area contributed by atoms with Gasteiger partial charge in [-0.3, -0.25) is 0 Å². The molecular formula is C16H27NO. The number of nitrogens with one attached hydrogen (secondary N) is 1. The zero-order chi connectivity index (χ0) is 13.4. The largest absolute Gasteiger partial charge is 0.383 e. The molecule has 0 aromatic heterocycles. The van der Waals surface area contributed by atoms with Gasteiger partial charge in [0.2, 0.25) is 0 Å². The highest BCUT2D eigenvalue weighted by Gasteiger charge is 2.09. The van der Waals surface area contributed by atoms with Crippen LogP contribution < -0.4 is 5.32 Å². The lowest BCUT2D eigenvalue weighted by Crippen LogP contribution is -2.34. The van der Waals surface area contributed by atoms with Crippen molar-refractivity contribution in [3.8, 4) is 0 Å². The summed E-state index contributed by atoms with van der Waals surface area (Å²) in [6.45, 7) is 8.47. The van der Waals surface area contributed by atoms with E-state index in [0.717, 1.165) is 26.0 Å². The molecule has 1 rings (SSSR count). The minimum absolute atomic E-state index is 0.467. The maximum atomic E-state index is 5.29. The SMILES string of the molecule is CCCNC(CCc1c(C)cccc1C)COC. The molecule has 1 aromatic carbocycles. The molecule has 0 aliphatic heterocycles. The molecule has 0 aliphatic rings. The Hall–Kier alpha value is -0.860. The van der Waals surface area contributed by atoms with Crippen molar-refractivity contribution in [3.05, 3.63) is 34.9 Å². The minimum atomic E-state index is 0.467. The Morgan fingerprint density at radius 2 is 1.89 bits per heavy atom. The number of rotatable bonds is 8. The van der Waals surface area contributed by atoms with Gasteiger partial charge in [-0.1, -0.05) is 25.1 Å². The minimum Gasteiger partial charge on any atom is -0.383 e. The van der Waals surface area contributed by atoms with E-state index in [9.17, 15) is 0 Å². The predicted molar refractivity (Wildman–Crippen MR) is 78.2 cm³/mol. The Morgan fingerprint density at radius 3 is 2.44 bits per heavy atom. The second-order valence-corrected chi connectivity index (χ2v) is 5.02. The number of hydrogen-bond donors (Lipinski definition) is 1. The summed E-state index contributed by atoms with van der Waals surface area (Å²) in [5.74, 6) is 0. The van der Waals surface area contributed by atoms with E-state index < -0.39 is 0 Å². The van der Waals surface area contributed by atoms with Crippen molar-refractivity contribution in [2.45, 2.75) is 46.1 Å². The molecular weight excluding hydrogens is 222 g/mol. The molecule has 1 aromatic rings. The monoisotopic (exact) mass is 249 g/mol. The van der Waals surface area contributed by atoms with Gasteiger partial charge in [0.05, 0.1) is 6.61 Å². The molecule has 0 saturated carbocycles. The van der Waals surface area contributed by atoms with Gasteiger partial charge in [0, 0.05) is 13.2 Å². The molecule has 0 saturated heterocycles. The first-order valence-corrected chi connectivity index (χ1v) is 6.96. The second kappa shape index (κ2) is 8.28. The highest BCUT2D eigenvalue weighted by Crippen LogP contribution is 2.16. The lowest BCUT2D eigenvalue weighted by atomic mass is 9.97. The molecule has 18 heavy (non-hydrogen) atoms. The van der Waals surface area contributed by atoms with Crippen LogP contribution in [0, 0.1) is 13.8 Å². The van der Waals surface area contributed by atoms with Gasteiger partial charge in [-0.2, -0.15) is 0 Å². The zero-order valence-electron chi connectivity index (χ0n) is 12.3. The van der Waals surface area contributed by atoms with Crippen LogP contribution >= 0.6 is 0 Å². The van der Waals surface area contributed by atoms with Gasteiger partial charge >= 0.3 is 0 Å². The molecule has 2 nitrogen and oxygen atoms in total. The predicted octanol–water partition coefficient (Wildman–Crippen LogP) is 3.25. The molecule has 0 spiro atoms. The second-order valence-electron chi connectivity index (χ2n) is 5.02. The van der Waals surface area contributed by atoms with E-state index in [4.69, 9.17) is 4.74 Å². The molecule has 1 atom stereocenters. The molecule has 0 fully saturated rings. The van der Waals surface area contributed by atoms with Crippen molar-refractivity contribution in [2.75, 3.05) is 20.3 Å². The van der Waals surface area contributed by atoms with Gasteiger partial charge in [-0.15, -0.1) is 0 Å². The van der Waals surface area contributed by atoms with Crippen molar-refractivity contribution < 1.29 is 4.74 Å². The summed E-state index contributed by atoms with van der Waals surface area (Å²) in [5.41, 5.74) is 4.31. The molecule has 0 heterocycles. The fourth-order valence-corrected chi connectivity index (χ4v) is 2.36. The quantitative estimate of drug-likeness (QED) is 0.763.